The van der Waals surface area contributed by atoms with Crippen LogP contribution < -0.4 is 21.9 Å². The summed E-state index contributed by atoms with van der Waals surface area (Å²) in [7, 11) is 0. The monoisotopic (exact) mass is 279 g/mol. The molecule has 0 saturated carbocycles. The molecule has 1 aromatic rings. The third-order valence-corrected chi connectivity index (χ3v) is 2.78. The summed E-state index contributed by atoms with van der Waals surface area (Å²) in [6.45, 7) is 0.312. The van der Waals surface area contributed by atoms with E-state index in [0.717, 1.165) is 5.56 Å². The molecule has 6 nitrogen and oxygen atoms in total. The Kier molecular flexibility index (Phi) is 6.52. The smallest absolute Gasteiger partial charge is 0.217 e. The molecule has 0 aromatic heterocycles. The van der Waals surface area contributed by atoms with Crippen molar-refractivity contribution in [3.05, 3.63) is 29.8 Å². The Morgan fingerprint density at radius 2 is 1.85 bits per heavy atom. The molecule has 0 aliphatic rings. The first-order chi connectivity index (χ1) is 9.47. The van der Waals surface area contributed by atoms with Crippen molar-refractivity contribution in [1.29, 1.82) is 0 Å². The fourth-order valence-corrected chi connectivity index (χ4v) is 1.67. The molecular weight excluding hydrogens is 258 g/mol. The van der Waals surface area contributed by atoms with Gasteiger partial charge in [0.1, 0.15) is 12.4 Å². The van der Waals surface area contributed by atoms with E-state index in [0.29, 0.717) is 31.6 Å². The quantitative estimate of drug-likeness (QED) is 0.592. The van der Waals surface area contributed by atoms with Gasteiger partial charge in [-0.05, 0) is 30.5 Å². The van der Waals surface area contributed by atoms with Crippen LogP contribution in [0.5, 0.6) is 5.75 Å². The lowest BCUT2D eigenvalue weighted by atomic mass is 10.1. The van der Waals surface area contributed by atoms with Crippen molar-refractivity contribution in [2.75, 3.05) is 6.61 Å². The lowest BCUT2D eigenvalue weighted by molar-refractivity contribution is -0.118. The summed E-state index contributed by atoms with van der Waals surface area (Å²) >= 11 is 0. The predicted molar refractivity (Wildman–Crippen MR) is 75.9 cm³/mol. The Morgan fingerprint density at radius 1 is 1.15 bits per heavy atom. The van der Waals surface area contributed by atoms with Crippen LogP contribution in [0.3, 0.4) is 0 Å². The molecule has 0 bridgehead atoms. The van der Waals surface area contributed by atoms with Gasteiger partial charge in [-0.25, -0.2) is 0 Å². The van der Waals surface area contributed by atoms with Crippen molar-refractivity contribution in [3.63, 3.8) is 0 Å². The van der Waals surface area contributed by atoms with Crippen LogP contribution in [-0.4, -0.2) is 24.5 Å². The average Bonchev–Trinajstić information content (AvgIpc) is 2.41. The van der Waals surface area contributed by atoms with Crippen LogP contribution in [-0.2, 0) is 16.0 Å². The molecule has 0 saturated heterocycles. The Bertz CT molecular complexity index is 463. The van der Waals surface area contributed by atoms with Gasteiger partial charge in [0.25, 0.3) is 0 Å². The number of carbonyl (C=O) groups is 2. The van der Waals surface area contributed by atoms with Gasteiger partial charge < -0.3 is 21.9 Å². The largest absolute Gasteiger partial charge is 0.492 e. The standard InChI is InChI=1S/C14H21N3O3/c15-11(5-7-14(17)19)9-20-12-3-1-2-10(8-12)4-6-13(16)18/h1-3,8,11H,4-7,9,15H2,(H2,16,18)(H2,17,19)/t11-/m0/s1. The number of hydrogen-bond acceptors (Lipinski definition) is 4. The summed E-state index contributed by atoms with van der Waals surface area (Å²) in [4.78, 5) is 21.4. The van der Waals surface area contributed by atoms with Gasteiger partial charge in [0.05, 0.1) is 0 Å². The summed E-state index contributed by atoms with van der Waals surface area (Å²) in [6.07, 6.45) is 1.64. The highest BCUT2D eigenvalue weighted by Crippen LogP contribution is 2.15. The zero-order valence-corrected chi connectivity index (χ0v) is 11.4. The fourth-order valence-electron chi connectivity index (χ4n) is 1.67. The van der Waals surface area contributed by atoms with Crippen molar-refractivity contribution in [3.8, 4) is 5.75 Å². The van der Waals surface area contributed by atoms with E-state index in [1.807, 2.05) is 24.3 Å². The molecule has 0 aliphatic heterocycles. The predicted octanol–water partition coefficient (Wildman–Crippen LogP) is 0.0761. The van der Waals surface area contributed by atoms with Gasteiger partial charge >= 0.3 is 0 Å². The van der Waals surface area contributed by atoms with Crippen LogP contribution in [0.2, 0.25) is 0 Å². The molecule has 2 amide bonds. The summed E-state index contributed by atoms with van der Waals surface area (Å²) in [5.41, 5.74) is 17.0. The number of benzene rings is 1. The SMILES string of the molecule is NC(=O)CCc1cccc(OC[C@@H](N)CCC(N)=O)c1. The first kappa shape index (κ1) is 16.0. The molecule has 1 rings (SSSR count). The number of ether oxygens (including phenoxy) is 1. The Morgan fingerprint density at radius 3 is 2.50 bits per heavy atom. The van der Waals surface area contributed by atoms with E-state index in [1.54, 1.807) is 0 Å². The van der Waals surface area contributed by atoms with E-state index in [4.69, 9.17) is 21.9 Å². The maximum absolute atomic E-state index is 10.7. The fraction of sp³-hybridized carbons (Fsp3) is 0.429. The van der Waals surface area contributed by atoms with E-state index >= 15 is 0 Å². The van der Waals surface area contributed by atoms with Gasteiger partial charge in [0, 0.05) is 18.9 Å². The van der Waals surface area contributed by atoms with Crippen LogP contribution >= 0.6 is 0 Å². The number of carbonyl (C=O) groups excluding carboxylic acids is 2. The number of nitrogens with two attached hydrogens (primary N) is 3. The summed E-state index contributed by atoms with van der Waals surface area (Å²) in [6, 6.07) is 7.18. The zero-order chi connectivity index (χ0) is 15.0. The Hall–Kier alpha value is -2.08. The van der Waals surface area contributed by atoms with Crippen molar-refractivity contribution in [2.45, 2.75) is 31.7 Å². The van der Waals surface area contributed by atoms with E-state index in [-0.39, 0.29) is 24.3 Å². The molecule has 110 valence electrons. The molecule has 20 heavy (non-hydrogen) atoms. The maximum Gasteiger partial charge on any atom is 0.217 e. The number of primary amides is 2. The highest BCUT2D eigenvalue weighted by Gasteiger charge is 2.06. The van der Waals surface area contributed by atoms with Gasteiger partial charge in [-0.3, -0.25) is 9.59 Å². The molecule has 0 aliphatic carbocycles. The highest BCUT2D eigenvalue weighted by atomic mass is 16.5. The number of aryl methyl sites for hydroxylation is 1. The average molecular weight is 279 g/mol. The number of amides is 2. The molecule has 6 N–H and O–H groups in total. The molecule has 6 heteroatoms. The lowest BCUT2D eigenvalue weighted by Crippen LogP contribution is -2.29. The first-order valence-corrected chi connectivity index (χ1v) is 6.51. The van der Waals surface area contributed by atoms with E-state index < -0.39 is 0 Å². The van der Waals surface area contributed by atoms with Gasteiger partial charge in [0.2, 0.25) is 11.8 Å². The minimum atomic E-state index is -0.367. The Labute approximate surface area is 118 Å². The van der Waals surface area contributed by atoms with E-state index in [2.05, 4.69) is 0 Å². The minimum Gasteiger partial charge on any atom is -0.492 e. The molecular formula is C14H21N3O3. The van der Waals surface area contributed by atoms with E-state index in [9.17, 15) is 9.59 Å². The second kappa shape index (κ2) is 8.16. The molecule has 1 atom stereocenters. The lowest BCUT2D eigenvalue weighted by Gasteiger charge is -2.13. The molecule has 0 spiro atoms. The van der Waals surface area contributed by atoms with Gasteiger partial charge in [-0.1, -0.05) is 12.1 Å². The second-order valence-electron chi connectivity index (χ2n) is 4.69. The minimum absolute atomic E-state index is 0.239. The maximum atomic E-state index is 10.7. The van der Waals surface area contributed by atoms with Crippen LogP contribution in [0, 0.1) is 0 Å². The first-order valence-electron chi connectivity index (χ1n) is 6.51. The molecule has 0 fully saturated rings. The highest BCUT2D eigenvalue weighted by molar-refractivity contribution is 5.74. The number of hydrogen-bond donors (Lipinski definition) is 3. The summed E-state index contributed by atoms with van der Waals surface area (Å²) < 4.78 is 5.55. The number of rotatable bonds is 9. The topological polar surface area (TPSA) is 121 Å². The summed E-state index contributed by atoms with van der Waals surface area (Å²) in [5.74, 6) is -0.0137. The van der Waals surface area contributed by atoms with E-state index in [1.165, 1.54) is 0 Å². The van der Waals surface area contributed by atoms with Crippen molar-refractivity contribution in [2.24, 2.45) is 17.2 Å². The van der Waals surface area contributed by atoms with Crippen molar-refractivity contribution >= 4 is 11.8 Å². The van der Waals surface area contributed by atoms with Crippen molar-refractivity contribution < 1.29 is 14.3 Å². The third-order valence-electron chi connectivity index (χ3n) is 2.78. The van der Waals surface area contributed by atoms with Crippen LogP contribution in [0.4, 0.5) is 0 Å². The normalized spacial score (nSPS) is 11.8. The van der Waals surface area contributed by atoms with Gasteiger partial charge in [-0.2, -0.15) is 0 Å². The van der Waals surface area contributed by atoms with Gasteiger partial charge in [-0.15, -0.1) is 0 Å². The third kappa shape index (κ3) is 6.75. The zero-order valence-electron chi connectivity index (χ0n) is 11.4. The molecule has 0 unspecified atom stereocenters. The molecule has 0 heterocycles. The van der Waals surface area contributed by atoms with Crippen molar-refractivity contribution in [1.82, 2.24) is 0 Å². The molecule has 0 radical (unpaired) electrons. The Balaban J connectivity index is 2.41. The second-order valence-corrected chi connectivity index (χ2v) is 4.69. The van der Waals surface area contributed by atoms with Crippen LogP contribution in [0.15, 0.2) is 24.3 Å². The van der Waals surface area contributed by atoms with Crippen LogP contribution in [0.25, 0.3) is 0 Å². The summed E-state index contributed by atoms with van der Waals surface area (Å²) in [5, 5.41) is 0. The van der Waals surface area contributed by atoms with Crippen LogP contribution in [0.1, 0.15) is 24.8 Å². The molecule has 1 aromatic carbocycles. The van der Waals surface area contributed by atoms with Gasteiger partial charge in [0.15, 0.2) is 0 Å².